The summed E-state index contributed by atoms with van der Waals surface area (Å²) >= 11 is 0. The first-order valence-electron chi connectivity index (χ1n) is 10.9. The number of aromatic nitrogens is 4. The van der Waals surface area contributed by atoms with Gasteiger partial charge in [-0.2, -0.15) is 13.2 Å². The Balaban J connectivity index is 1.63. The van der Waals surface area contributed by atoms with Gasteiger partial charge >= 0.3 is 6.18 Å². The summed E-state index contributed by atoms with van der Waals surface area (Å²) in [5.74, 6) is -0.362. The molecule has 0 spiro atoms. The molecule has 2 aromatic carbocycles. The second-order valence-corrected chi connectivity index (χ2v) is 8.12. The molecule has 180 valence electrons. The molecule has 0 radical (unpaired) electrons. The van der Waals surface area contributed by atoms with Crippen molar-refractivity contribution in [1.29, 1.82) is 0 Å². The molecule has 0 bridgehead atoms. The van der Waals surface area contributed by atoms with Crippen LogP contribution < -0.4 is 10.9 Å². The molecule has 1 atom stereocenters. The molecule has 7 nitrogen and oxygen atoms in total. The average Bonchev–Trinajstić information content (AvgIpc) is 2.89. The van der Waals surface area contributed by atoms with Crippen molar-refractivity contribution in [1.82, 2.24) is 24.8 Å². The molecule has 5 aromatic rings. The van der Waals surface area contributed by atoms with Crippen LogP contribution in [-0.2, 0) is 6.18 Å². The highest BCUT2D eigenvalue weighted by Crippen LogP contribution is 2.30. The van der Waals surface area contributed by atoms with Gasteiger partial charge in [-0.1, -0.05) is 6.07 Å². The number of carbonyl (C=O) groups is 1. The van der Waals surface area contributed by atoms with Gasteiger partial charge in [-0.3, -0.25) is 24.1 Å². The Morgan fingerprint density at radius 2 is 1.64 bits per heavy atom. The van der Waals surface area contributed by atoms with Gasteiger partial charge in [0.1, 0.15) is 5.52 Å². The second kappa shape index (κ2) is 8.88. The lowest BCUT2D eigenvalue weighted by Gasteiger charge is -2.16. The van der Waals surface area contributed by atoms with Gasteiger partial charge in [-0.25, -0.2) is 4.98 Å². The first-order valence-corrected chi connectivity index (χ1v) is 10.9. The molecule has 0 saturated heterocycles. The van der Waals surface area contributed by atoms with Crippen molar-refractivity contribution in [2.75, 3.05) is 0 Å². The normalized spacial score (nSPS) is 12.6. The molecular weight excluding hydrogens is 471 g/mol. The van der Waals surface area contributed by atoms with E-state index in [1.807, 2.05) is 13.0 Å². The van der Waals surface area contributed by atoms with Crippen LogP contribution in [0.1, 0.15) is 34.6 Å². The number of benzene rings is 2. The van der Waals surface area contributed by atoms with Crippen LogP contribution in [0, 0.1) is 0 Å². The lowest BCUT2D eigenvalue weighted by molar-refractivity contribution is -0.137. The monoisotopic (exact) mass is 489 g/mol. The number of nitrogens with one attached hydrogen (secondary N) is 1. The van der Waals surface area contributed by atoms with E-state index in [2.05, 4.69) is 20.3 Å². The molecule has 0 aliphatic rings. The molecule has 0 saturated carbocycles. The Morgan fingerprint density at radius 3 is 2.31 bits per heavy atom. The first kappa shape index (κ1) is 23.2. The van der Waals surface area contributed by atoms with Gasteiger partial charge in [0, 0.05) is 35.2 Å². The van der Waals surface area contributed by atoms with Gasteiger partial charge in [0.15, 0.2) is 5.52 Å². The molecule has 0 unspecified atom stereocenters. The fourth-order valence-corrected chi connectivity index (χ4v) is 4.01. The van der Waals surface area contributed by atoms with Crippen molar-refractivity contribution in [3.63, 3.8) is 0 Å². The summed E-state index contributed by atoms with van der Waals surface area (Å²) in [4.78, 5) is 39.0. The quantitative estimate of drug-likeness (QED) is 0.365. The highest BCUT2D eigenvalue weighted by atomic mass is 19.4. The lowest BCUT2D eigenvalue weighted by Crippen LogP contribution is -2.27. The second-order valence-electron chi connectivity index (χ2n) is 8.12. The average molecular weight is 489 g/mol. The van der Waals surface area contributed by atoms with E-state index in [1.54, 1.807) is 36.5 Å². The smallest absolute Gasteiger partial charge is 0.344 e. The number of hydrogen-bond donors (Lipinski definition) is 1. The standard InChI is InChI=1S/C26H18F3N5O2/c1-15(20-4-2-3-11-30-20)33-24(35)16-5-10-21-19(14-16)22-23(32-13-12-31-22)25(36)34(21)18-8-6-17(7-9-18)26(27,28)29/h2-15H,1H3,(H,33,35)/t15-/m0/s1. The maximum Gasteiger partial charge on any atom is 0.416 e. The fourth-order valence-electron chi connectivity index (χ4n) is 4.01. The predicted molar refractivity (Wildman–Crippen MR) is 128 cm³/mol. The Morgan fingerprint density at radius 1 is 0.917 bits per heavy atom. The van der Waals surface area contributed by atoms with E-state index in [1.165, 1.54) is 29.1 Å². The van der Waals surface area contributed by atoms with Gasteiger partial charge < -0.3 is 5.32 Å². The van der Waals surface area contributed by atoms with Crippen molar-refractivity contribution in [2.45, 2.75) is 19.1 Å². The topological polar surface area (TPSA) is 89.8 Å². The Kier molecular flexibility index (Phi) is 5.71. The molecule has 0 fully saturated rings. The number of hydrogen-bond acceptors (Lipinski definition) is 5. The summed E-state index contributed by atoms with van der Waals surface area (Å²) in [6.45, 7) is 1.81. The SMILES string of the molecule is C[C@H](NC(=O)c1ccc2c(c1)c1nccnc1c(=O)n2-c1ccc(C(F)(F)F)cc1)c1ccccn1. The number of halogens is 3. The third kappa shape index (κ3) is 4.17. The van der Waals surface area contributed by atoms with Gasteiger partial charge in [-0.15, -0.1) is 0 Å². The summed E-state index contributed by atoms with van der Waals surface area (Å²) in [5, 5.41) is 3.35. The van der Waals surface area contributed by atoms with Crippen molar-refractivity contribution in [2.24, 2.45) is 0 Å². The third-order valence-electron chi connectivity index (χ3n) is 5.79. The van der Waals surface area contributed by atoms with E-state index >= 15 is 0 Å². The first-order chi connectivity index (χ1) is 17.2. The molecule has 36 heavy (non-hydrogen) atoms. The van der Waals surface area contributed by atoms with E-state index in [-0.39, 0.29) is 28.7 Å². The molecule has 0 aliphatic heterocycles. The number of carbonyl (C=O) groups excluding carboxylic acids is 1. The zero-order chi connectivity index (χ0) is 25.4. The summed E-state index contributed by atoms with van der Waals surface area (Å²) in [7, 11) is 0. The van der Waals surface area contributed by atoms with Gasteiger partial charge in [0.25, 0.3) is 11.5 Å². The Labute approximate surface area is 202 Å². The van der Waals surface area contributed by atoms with Crippen LogP contribution in [0.25, 0.3) is 27.6 Å². The van der Waals surface area contributed by atoms with Crippen LogP contribution in [0.3, 0.4) is 0 Å². The zero-order valence-corrected chi connectivity index (χ0v) is 18.8. The minimum Gasteiger partial charge on any atom is -0.344 e. The maximum atomic E-state index is 13.3. The van der Waals surface area contributed by atoms with E-state index in [4.69, 9.17) is 0 Å². The van der Waals surface area contributed by atoms with Crippen LogP contribution in [0.4, 0.5) is 13.2 Å². The van der Waals surface area contributed by atoms with Gasteiger partial charge in [0.05, 0.1) is 22.8 Å². The molecule has 3 aromatic heterocycles. The zero-order valence-electron chi connectivity index (χ0n) is 18.8. The minimum absolute atomic E-state index is 0.0318. The highest BCUT2D eigenvalue weighted by molar-refractivity contribution is 6.06. The van der Waals surface area contributed by atoms with Crippen molar-refractivity contribution < 1.29 is 18.0 Å². The van der Waals surface area contributed by atoms with Gasteiger partial charge in [0.2, 0.25) is 0 Å². The maximum absolute atomic E-state index is 13.3. The molecule has 1 N–H and O–H groups in total. The molecule has 1 amide bonds. The van der Waals surface area contributed by atoms with E-state index < -0.39 is 17.3 Å². The van der Waals surface area contributed by atoms with E-state index in [9.17, 15) is 22.8 Å². The summed E-state index contributed by atoms with van der Waals surface area (Å²) < 4.78 is 40.4. The van der Waals surface area contributed by atoms with Crippen LogP contribution >= 0.6 is 0 Å². The predicted octanol–water partition coefficient (Wildman–Crippen LogP) is 4.84. The van der Waals surface area contributed by atoms with Crippen LogP contribution in [0.5, 0.6) is 0 Å². The molecule has 3 heterocycles. The van der Waals surface area contributed by atoms with E-state index in [0.29, 0.717) is 22.2 Å². The lowest BCUT2D eigenvalue weighted by atomic mass is 10.1. The largest absolute Gasteiger partial charge is 0.416 e. The minimum atomic E-state index is -4.50. The summed E-state index contributed by atoms with van der Waals surface area (Å²) in [6, 6.07) is 14.0. The van der Waals surface area contributed by atoms with Crippen molar-refractivity contribution in [3.05, 3.63) is 106 Å². The highest BCUT2D eigenvalue weighted by Gasteiger charge is 2.30. The summed E-state index contributed by atoms with van der Waals surface area (Å²) in [6.07, 6.45) is -0.0776. The third-order valence-corrected chi connectivity index (χ3v) is 5.79. The van der Waals surface area contributed by atoms with Crippen molar-refractivity contribution in [3.8, 4) is 5.69 Å². The number of rotatable bonds is 4. The Hall–Kier alpha value is -4.60. The van der Waals surface area contributed by atoms with Gasteiger partial charge in [-0.05, 0) is 61.5 Å². The number of pyridine rings is 2. The molecule has 10 heteroatoms. The van der Waals surface area contributed by atoms with Crippen LogP contribution in [-0.4, -0.2) is 25.4 Å². The van der Waals surface area contributed by atoms with Crippen molar-refractivity contribution >= 4 is 27.8 Å². The Bertz CT molecular complexity index is 1650. The molecule has 5 rings (SSSR count). The number of alkyl halides is 3. The number of amides is 1. The number of nitrogens with zero attached hydrogens (tertiary/aromatic N) is 4. The van der Waals surface area contributed by atoms with Crippen LogP contribution in [0.15, 0.2) is 84.0 Å². The molecule has 0 aliphatic carbocycles. The fraction of sp³-hybridized carbons (Fsp3) is 0.115. The number of fused-ring (bicyclic) bond motifs is 3. The van der Waals surface area contributed by atoms with Crippen LogP contribution in [0.2, 0.25) is 0 Å². The molecular formula is C26H18F3N5O2. The van der Waals surface area contributed by atoms with E-state index in [0.717, 1.165) is 12.1 Å². The summed E-state index contributed by atoms with van der Waals surface area (Å²) in [5.41, 5.74) is 0.566.